The molecule has 0 aliphatic heterocycles. The van der Waals surface area contributed by atoms with Crippen molar-refractivity contribution < 1.29 is 52.2 Å². The monoisotopic (exact) mass is 1050 g/mol. The zero-order valence-corrected chi connectivity index (χ0v) is 46.9. The topological polar surface area (TPSA) is 155 Å². The Balaban J connectivity index is 4.90. The highest BCUT2D eigenvalue weighted by Gasteiger charge is 2.28. The van der Waals surface area contributed by atoms with E-state index in [9.17, 15) is 28.9 Å². The fourth-order valence-electron chi connectivity index (χ4n) is 6.83. The maximum absolute atomic E-state index is 12.9. The standard InChI is InChI=1S/C62H99O11P/c1-4-7-10-13-16-19-22-25-27-29-31-34-36-39-42-45-48-51-60(64)69-55-59(73-62(66)53-50-47-44-41-38-35-32-30-28-26-23-20-17-14-11-8-5-2)57-71-74(67,68)70-56-58(54-63)72-61(65)52-49-46-43-40-37-33-24-21-18-15-12-9-6-3/h7-8,10-12,15-17,19-21,24-28,31-32,34-35,41,44,58-59,63H,4-6,9,13-14,18,22-23,29-30,33,36-40,42-43,45-57H2,1-3H3,(H,67,68)/b10-7-,11-8-,15-12-,19-16-,20-17-,24-21-,27-25-,28-26-,34-31-,35-32-,44-41-. The van der Waals surface area contributed by atoms with Crippen molar-refractivity contribution in [3.8, 4) is 0 Å². The van der Waals surface area contributed by atoms with Crippen LogP contribution in [0.15, 0.2) is 134 Å². The van der Waals surface area contributed by atoms with Crippen molar-refractivity contribution in [1.29, 1.82) is 0 Å². The summed E-state index contributed by atoms with van der Waals surface area (Å²) < 4.78 is 39.4. The second-order valence-corrected chi connectivity index (χ2v) is 19.4. The molecular formula is C62H99O11P. The van der Waals surface area contributed by atoms with Gasteiger partial charge in [0.05, 0.1) is 19.8 Å². The van der Waals surface area contributed by atoms with Crippen molar-refractivity contribution in [3.05, 3.63) is 134 Å². The van der Waals surface area contributed by atoms with E-state index in [1.54, 1.807) is 0 Å². The number of esters is 3. The van der Waals surface area contributed by atoms with E-state index in [4.69, 9.17) is 23.3 Å². The van der Waals surface area contributed by atoms with Crippen LogP contribution in [-0.4, -0.2) is 66.5 Å². The van der Waals surface area contributed by atoms with Crippen LogP contribution in [0.1, 0.15) is 201 Å². The van der Waals surface area contributed by atoms with Gasteiger partial charge in [0.15, 0.2) is 6.10 Å². The van der Waals surface area contributed by atoms with E-state index in [-0.39, 0.29) is 25.9 Å². The molecule has 0 aliphatic rings. The van der Waals surface area contributed by atoms with Crippen LogP contribution in [0, 0.1) is 0 Å². The number of allylic oxidation sites excluding steroid dienone is 22. The Morgan fingerprint density at radius 3 is 1.14 bits per heavy atom. The Hall–Kier alpha value is -4.38. The number of rotatable bonds is 50. The minimum atomic E-state index is -4.78. The van der Waals surface area contributed by atoms with Crippen molar-refractivity contribution in [2.75, 3.05) is 26.4 Å². The second kappa shape index (κ2) is 54.9. The zero-order valence-electron chi connectivity index (χ0n) is 46.0. The molecule has 0 fully saturated rings. The average Bonchev–Trinajstić information content (AvgIpc) is 3.39. The van der Waals surface area contributed by atoms with E-state index in [1.807, 2.05) is 12.2 Å². The van der Waals surface area contributed by atoms with E-state index >= 15 is 0 Å². The van der Waals surface area contributed by atoms with E-state index in [0.717, 1.165) is 135 Å². The minimum Gasteiger partial charge on any atom is -0.462 e. The molecular weight excluding hydrogens is 952 g/mol. The van der Waals surface area contributed by atoms with Crippen molar-refractivity contribution >= 4 is 25.7 Å². The second-order valence-electron chi connectivity index (χ2n) is 18.0. The summed E-state index contributed by atoms with van der Waals surface area (Å²) in [6, 6.07) is 0. The summed E-state index contributed by atoms with van der Waals surface area (Å²) in [5, 5.41) is 9.80. The number of aliphatic hydroxyl groups is 1. The van der Waals surface area contributed by atoms with Gasteiger partial charge in [0.25, 0.3) is 0 Å². The largest absolute Gasteiger partial charge is 0.472 e. The summed E-state index contributed by atoms with van der Waals surface area (Å²) in [7, 11) is -4.78. The molecule has 3 unspecified atom stereocenters. The normalized spacial score (nSPS) is 14.4. The molecule has 12 heteroatoms. The van der Waals surface area contributed by atoms with Crippen LogP contribution in [0.2, 0.25) is 0 Å². The molecule has 74 heavy (non-hydrogen) atoms. The number of carbonyl (C=O) groups is 3. The molecule has 0 saturated carbocycles. The highest BCUT2D eigenvalue weighted by atomic mass is 31.2. The quantitative estimate of drug-likeness (QED) is 0.0197. The number of aliphatic hydroxyl groups excluding tert-OH is 1. The highest BCUT2D eigenvalue weighted by molar-refractivity contribution is 7.47. The van der Waals surface area contributed by atoms with Crippen LogP contribution in [0.5, 0.6) is 0 Å². The van der Waals surface area contributed by atoms with Crippen molar-refractivity contribution in [1.82, 2.24) is 0 Å². The lowest BCUT2D eigenvalue weighted by molar-refractivity contribution is -0.161. The summed E-state index contributed by atoms with van der Waals surface area (Å²) in [6.45, 7) is 4.21. The van der Waals surface area contributed by atoms with Crippen LogP contribution in [0.4, 0.5) is 0 Å². The average molecular weight is 1050 g/mol. The van der Waals surface area contributed by atoms with E-state index in [0.29, 0.717) is 25.7 Å². The summed E-state index contributed by atoms with van der Waals surface area (Å²) >= 11 is 0. The molecule has 0 saturated heterocycles. The number of unbranched alkanes of at least 4 members (excludes halogenated alkanes) is 11. The van der Waals surface area contributed by atoms with Gasteiger partial charge >= 0.3 is 25.7 Å². The van der Waals surface area contributed by atoms with Gasteiger partial charge in [0, 0.05) is 19.3 Å². The molecule has 0 aliphatic carbocycles. The number of carbonyl (C=O) groups excluding carboxylic acids is 3. The maximum Gasteiger partial charge on any atom is 0.472 e. The Labute approximate surface area is 449 Å². The van der Waals surface area contributed by atoms with Crippen molar-refractivity contribution in [2.24, 2.45) is 0 Å². The van der Waals surface area contributed by atoms with Crippen LogP contribution in [0.3, 0.4) is 0 Å². The molecule has 0 aromatic heterocycles. The number of phosphoric acid groups is 1. The van der Waals surface area contributed by atoms with Gasteiger partial charge in [0.2, 0.25) is 0 Å². The third-order valence-electron chi connectivity index (χ3n) is 11.0. The van der Waals surface area contributed by atoms with Gasteiger partial charge in [-0.25, -0.2) is 4.57 Å². The first kappa shape index (κ1) is 69.6. The Morgan fingerprint density at radius 1 is 0.392 bits per heavy atom. The molecule has 0 aromatic carbocycles. The van der Waals surface area contributed by atoms with Gasteiger partial charge in [-0.3, -0.25) is 23.4 Å². The Kier molecular flexibility index (Phi) is 51.6. The molecule has 2 N–H and O–H groups in total. The third-order valence-corrected chi connectivity index (χ3v) is 12.0. The van der Waals surface area contributed by atoms with Gasteiger partial charge in [-0.2, -0.15) is 0 Å². The van der Waals surface area contributed by atoms with E-state index in [2.05, 4.69) is 142 Å². The van der Waals surface area contributed by atoms with Gasteiger partial charge in [0.1, 0.15) is 12.7 Å². The molecule has 3 atom stereocenters. The van der Waals surface area contributed by atoms with Gasteiger partial charge in [-0.1, -0.05) is 193 Å². The smallest absolute Gasteiger partial charge is 0.462 e. The highest BCUT2D eigenvalue weighted by Crippen LogP contribution is 2.43. The molecule has 0 heterocycles. The predicted molar refractivity (Wildman–Crippen MR) is 306 cm³/mol. The summed E-state index contributed by atoms with van der Waals surface area (Å²) in [5.74, 6) is -1.60. The molecule has 11 nitrogen and oxygen atoms in total. The summed E-state index contributed by atoms with van der Waals surface area (Å²) in [4.78, 5) is 48.5. The number of phosphoric ester groups is 1. The van der Waals surface area contributed by atoms with Crippen LogP contribution in [-0.2, 0) is 42.2 Å². The molecule has 0 amide bonds. The zero-order chi connectivity index (χ0) is 54.1. The van der Waals surface area contributed by atoms with Gasteiger partial charge in [-0.15, -0.1) is 0 Å². The van der Waals surface area contributed by atoms with Crippen LogP contribution < -0.4 is 0 Å². The lowest BCUT2D eigenvalue weighted by Crippen LogP contribution is -2.30. The number of ether oxygens (including phenoxy) is 3. The number of hydrogen-bond acceptors (Lipinski definition) is 10. The lowest BCUT2D eigenvalue weighted by Gasteiger charge is -2.21. The third kappa shape index (κ3) is 52.5. The predicted octanol–water partition coefficient (Wildman–Crippen LogP) is 16.6. The first-order valence-corrected chi connectivity index (χ1v) is 29.6. The molecule has 0 rings (SSSR count). The molecule has 418 valence electrons. The SMILES string of the molecule is CC/C=C\C/C=C\C/C=C\C/C=C\C/C=C\CCCC(=O)OC(COC(=O)CCCCCC/C=C\C/C=C\C/C=C\C/C=C\CC)COP(=O)(O)OCC(CO)OC(=O)CCCCCCC/C=C\C/C=C\CCC. The van der Waals surface area contributed by atoms with Gasteiger partial charge < -0.3 is 24.2 Å². The maximum atomic E-state index is 12.9. The van der Waals surface area contributed by atoms with Crippen LogP contribution >= 0.6 is 7.82 Å². The van der Waals surface area contributed by atoms with Gasteiger partial charge in [-0.05, 0) is 122 Å². The fraction of sp³-hybridized carbons (Fsp3) is 0.597. The number of hydrogen-bond donors (Lipinski definition) is 2. The van der Waals surface area contributed by atoms with Crippen molar-refractivity contribution in [2.45, 2.75) is 213 Å². The van der Waals surface area contributed by atoms with E-state index in [1.165, 1.54) is 0 Å². The minimum absolute atomic E-state index is 0.0750. The Bertz CT molecular complexity index is 1750. The molecule has 0 bridgehead atoms. The van der Waals surface area contributed by atoms with Crippen molar-refractivity contribution in [3.63, 3.8) is 0 Å². The Morgan fingerprint density at radius 2 is 0.716 bits per heavy atom. The molecule has 0 aromatic rings. The fourth-order valence-corrected chi connectivity index (χ4v) is 7.61. The van der Waals surface area contributed by atoms with Crippen LogP contribution in [0.25, 0.3) is 0 Å². The lowest BCUT2D eigenvalue weighted by atomic mass is 10.1. The summed E-state index contributed by atoms with van der Waals surface area (Å²) in [5.41, 5.74) is 0. The summed E-state index contributed by atoms with van der Waals surface area (Å²) in [6.07, 6.45) is 68.5. The molecule has 0 spiro atoms. The van der Waals surface area contributed by atoms with E-state index < -0.39 is 57.8 Å². The first-order valence-electron chi connectivity index (χ1n) is 28.1. The molecule has 0 radical (unpaired) electrons. The first-order chi connectivity index (χ1) is 36.2.